The SMILES string of the molecule is C1=CCC=C(N2CCCCC2)N=C1. The summed E-state index contributed by atoms with van der Waals surface area (Å²) in [5.41, 5.74) is 0. The predicted molar refractivity (Wildman–Crippen MR) is 55.8 cm³/mol. The molecule has 0 N–H and O–H groups in total. The minimum Gasteiger partial charge on any atom is -0.357 e. The molecule has 0 aromatic rings. The van der Waals surface area contributed by atoms with Crippen molar-refractivity contribution in [3.8, 4) is 0 Å². The second kappa shape index (κ2) is 4.26. The molecule has 70 valence electrons. The Balaban J connectivity index is 2.02. The third-order valence-corrected chi connectivity index (χ3v) is 2.55. The molecule has 2 aliphatic rings. The van der Waals surface area contributed by atoms with E-state index in [4.69, 9.17) is 0 Å². The molecule has 0 aromatic carbocycles. The van der Waals surface area contributed by atoms with Gasteiger partial charge in [0.2, 0.25) is 0 Å². The number of likely N-dealkylation sites (tertiary alicyclic amines) is 1. The Morgan fingerprint density at radius 2 is 2.00 bits per heavy atom. The van der Waals surface area contributed by atoms with E-state index in [-0.39, 0.29) is 0 Å². The van der Waals surface area contributed by atoms with Crippen molar-refractivity contribution in [2.45, 2.75) is 25.7 Å². The number of aliphatic imine (C=N–C) groups is 1. The molecule has 0 saturated carbocycles. The first-order chi connectivity index (χ1) is 6.47. The molecule has 0 bridgehead atoms. The molecule has 0 spiro atoms. The van der Waals surface area contributed by atoms with Crippen molar-refractivity contribution < 1.29 is 0 Å². The van der Waals surface area contributed by atoms with Gasteiger partial charge in [-0.15, -0.1) is 0 Å². The minimum atomic E-state index is 1.02. The van der Waals surface area contributed by atoms with Gasteiger partial charge in [0, 0.05) is 19.3 Å². The van der Waals surface area contributed by atoms with Gasteiger partial charge in [-0.25, -0.2) is 4.99 Å². The summed E-state index contributed by atoms with van der Waals surface area (Å²) in [6.07, 6.45) is 13.3. The summed E-state index contributed by atoms with van der Waals surface area (Å²) in [7, 11) is 0. The van der Waals surface area contributed by atoms with Gasteiger partial charge in [0.05, 0.1) is 0 Å². The molecule has 2 rings (SSSR count). The third kappa shape index (κ3) is 2.20. The van der Waals surface area contributed by atoms with E-state index >= 15 is 0 Å². The van der Waals surface area contributed by atoms with Crippen LogP contribution in [0.2, 0.25) is 0 Å². The van der Waals surface area contributed by atoms with E-state index < -0.39 is 0 Å². The highest BCUT2D eigenvalue weighted by Gasteiger charge is 2.11. The van der Waals surface area contributed by atoms with Crippen LogP contribution in [0.25, 0.3) is 0 Å². The number of allylic oxidation sites excluding steroid dienone is 3. The van der Waals surface area contributed by atoms with Crippen LogP contribution < -0.4 is 0 Å². The van der Waals surface area contributed by atoms with Crippen LogP contribution in [0.5, 0.6) is 0 Å². The van der Waals surface area contributed by atoms with E-state index in [2.05, 4.69) is 22.0 Å². The molecule has 0 atom stereocenters. The molecule has 1 fully saturated rings. The maximum absolute atomic E-state index is 4.42. The van der Waals surface area contributed by atoms with Gasteiger partial charge in [0.1, 0.15) is 5.82 Å². The van der Waals surface area contributed by atoms with Crippen molar-refractivity contribution in [2.75, 3.05) is 13.1 Å². The summed E-state index contributed by atoms with van der Waals surface area (Å²) in [6, 6.07) is 0. The van der Waals surface area contributed by atoms with Gasteiger partial charge in [-0.05, 0) is 37.8 Å². The molecular weight excluding hydrogens is 160 g/mol. The van der Waals surface area contributed by atoms with Gasteiger partial charge < -0.3 is 4.90 Å². The van der Waals surface area contributed by atoms with Gasteiger partial charge in [0.15, 0.2) is 0 Å². The zero-order valence-corrected chi connectivity index (χ0v) is 7.95. The smallest absolute Gasteiger partial charge is 0.124 e. The van der Waals surface area contributed by atoms with E-state index in [1.54, 1.807) is 0 Å². The summed E-state index contributed by atoms with van der Waals surface area (Å²) in [5.74, 6) is 1.17. The molecule has 0 unspecified atom stereocenters. The van der Waals surface area contributed by atoms with Crippen LogP contribution in [0.15, 0.2) is 29.0 Å². The van der Waals surface area contributed by atoms with Crippen LogP contribution in [-0.2, 0) is 0 Å². The molecule has 2 heteroatoms. The average Bonchev–Trinajstić information content (AvgIpc) is 2.47. The zero-order chi connectivity index (χ0) is 8.93. The quantitative estimate of drug-likeness (QED) is 0.598. The second-order valence-corrected chi connectivity index (χ2v) is 3.55. The summed E-state index contributed by atoms with van der Waals surface area (Å²) in [4.78, 5) is 6.82. The van der Waals surface area contributed by atoms with Crippen molar-refractivity contribution in [1.82, 2.24) is 4.90 Å². The monoisotopic (exact) mass is 176 g/mol. The molecule has 0 radical (unpaired) electrons. The van der Waals surface area contributed by atoms with Crippen molar-refractivity contribution in [2.24, 2.45) is 4.99 Å². The van der Waals surface area contributed by atoms with Crippen LogP contribution in [0.4, 0.5) is 0 Å². The Hall–Kier alpha value is -1.05. The maximum Gasteiger partial charge on any atom is 0.124 e. The first-order valence-electron chi connectivity index (χ1n) is 5.11. The number of piperidine rings is 1. The Morgan fingerprint density at radius 1 is 1.15 bits per heavy atom. The fourth-order valence-corrected chi connectivity index (χ4v) is 1.82. The molecule has 0 aromatic heterocycles. The second-order valence-electron chi connectivity index (χ2n) is 3.55. The molecular formula is C11H16N2. The predicted octanol–water partition coefficient (Wildman–Crippen LogP) is 2.34. The molecule has 1 saturated heterocycles. The van der Waals surface area contributed by atoms with E-state index in [0.717, 1.165) is 6.42 Å². The number of rotatable bonds is 1. The lowest BCUT2D eigenvalue weighted by Gasteiger charge is -2.28. The van der Waals surface area contributed by atoms with Crippen LogP contribution in [0.1, 0.15) is 25.7 Å². The van der Waals surface area contributed by atoms with E-state index in [0.29, 0.717) is 0 Å². The van der Waals surface area contributed by atoms with Crippen LogP contribution in [0, 0.1) is 0 Å². The number of nitrogens with zero attached hydrogens (tertiary/aromatic N) is 2. The first kappa shape index (κ1) is 8.54. The number of hydrogen-bond donors (Lipinski definition) is 0. The largest absolute Gasteiger partial charge is 0.357 e. The summed E-state index contributed by atoms with van der Waals surface area (Å²) in [5, 5.41) is 0. The van der Waals surface area contributed by atoms with Crippen LogP contribution >= 0.6 is 0 Å². The molecule has 2 heterocycles. The normalized spacial score (nSPS) is 22.8. The highest BCUT2D eigenvalue weighted by atomic mass is 15.2. The fraction of sp³-hybridized carbons (Fsp3) is 0.545. The Kier molecular flexibility index (Phi) is 2.80. The van der Waals surface area contributed by atoms with E-state index in [1.807, 2.05) is 12.3 Å². The lowest BCUT2D eigenvalue weighted by atomic mass is 10.1. The Bertz CT molecular complexity index is 245. The molecule has 2 aliphatic heterocycles. The van der Waals surface area contributed by atoms with Gasteiger partial charge in [-0.1, -0.05) is 6.08 Å². The highest BCUT2D eigenvalue weighted by molar-refractivity contribution is 5.72. The third-order valence-electron chi connectivity index (χ3n) is 2.55. The molecule has 0 amide bonds. The molecule has 13 heavy (non-hydrogen) atoms. The molecule has 0 aliphatic carbocycles. The Labute approximate surface area is 79.7 Å². The fourth-order valence-electron chi connectivity index (χ4n) is 1.82. The van der Waals surface area contributed by atoms with Gasteiger partial charge in [0.25, 0.3) is 0 Å². The standard InChI is InChI=1S/C11H16N2/c1-3-7-11(12-8-4-1)13-9-5-2-6-10-13/h1,4,7-8H,2-3,5-6,9-10H2. The van der Waals surface area contributed by atoms with Crippen molar-refractivity contribution in [3.05, 3.63) is 24.0 Å². The first-order valence-corrected chi connectivity index (χ1v) is 5.11. The topological polar surface area (TPSA) is 15.6 Å². The average molecular weight is 176 g/mol. The minimum absolute atomic E-state index is 1.02. The van der Waals surface area contributed by atoms with Crippen molar-refractivity contribution in [3.63, 3.8) is 0 Å². The van der Waals surface area contributed by atoms with Gasteiger partial charge in [-0.3, -0.25) is 0 Å². The number of hydrogen-bond acceptors (Lipinski definition) is 2. The van der Waals surface area contributed by atoms with Crippen molar-refractivity contribution in [1.29, 1.82) is 0 Å². The van der Waals surface area contributed by atoms with E-state index in [9.17, 15) is 0 Å². The van der Waals surface area contributed by atoms with Gasteiger partial charge >= 0.3 is 0 Å². The Morgan fingerprint density at radius 3 is 2.85 bits per heavy atom. The molecule has 2 nitrogen and oxygen atoms in total. The van der Waals surface area contributed by atoms with Crippen LogP contribution in [0.3, 0.4) is 0 Å². The zero-order valence-electron chi connectivity index (χ0n) is 7.95. The summed E-state index contributed by atoms with van der Waals surface area (Å²) in [6.45, 7) is 2.37. The van der Waals surface area contributed by atoms with Crippen molar-refractivity contribution >= 4 is 6.21 Å². The van der Waals surface area contributed by atoms with Gasteiger partial charge in [-0.2, -0.15) is 0 Å². The lowest BCUT2D eigenvalue weighted by molar-refractivity contribution is 0.283. The van der Waals surface area contributed by atoms with E-state index in [1.165, 1.54) is 38.2 Å². The highest BCUT2D eigenvalue weighted by Crippen LogP contribution is 2.16. The maximum atomic E-state index is 4.42. The van der Waals surface area contributed by atoms with Crippen LogP contribution in [-0.4, -0.2) is 24.2 Å². The summed E-state index contributed by atoms with van der Waals surface area (Å²) >= 11 is 0. The summed E-state index contributed by atoms with van der Waals surface area (Å²) < 4.78 is 0. The lowest BCUT2D eigenvalue weighted by Crippen LogP contribution is -2.28.